The van der Waals surface area contributed by atoms with E-state index in [0.29, 0.717) is 12.2 Å². The van der Waals surface area contributed by atoms with Gasteiger partial charge in [-0.1, -0.05) is 23.8 Å². The van der Waals surface area contributed by atoms with Gasteiger partial charge in [0.2, 0.25) is 0 Å². The molecular weight excluding hydrogens is 264 g/mol. The van der Waals surface area contributed by atoms with E-state index in [1.807, 2.05) is 19.2 Å². The number of benzene rings is 1. The van der Waals surface area contributed by atoms with Crippen LogP contribution in [-0.4, -0.2) is 17.9 Å². The van der Waals surface area contributed by atoms with Crippen LogP contribution >= 0.6 is 0 Å². The molecule has 0 radical (unpaired) electrons. The lowest BCUT2D eigenvalue weighted by atomic mass is 10.1. The Kier molecular flexibility index (Phi) is 4.55. The number of hydrogen-bond acceptors (Lipinski definition) is 4. The van der Waals surface area contributed by atoms with Crippen LogP contribution in [0.1, 0.15) is 27.3 Å². The van der Waals surface area contributed by atoms with Crippen molar-refractivity contribution in [3.8, 4) is 0 Å². The predicted molar refractivity (Wildman–Crippen MR) is 83.9 cm³/mol. The Bertz CT molecular complexity index is 654. The Balaban J connectivity index is 2.19. The number of aromatic nitrogens is 1. The lowest BCUT2D eigenvalue weighted by Crippen LogP contribution is -2.31. The molecule has 0 spiro atoms. The zero-order valence-electron chi connectivity index (χ0n) is 12.6. The molecule has 2 aromatic rings. The van der Waals surface area contributed by atoms with Crippen LogP contribution in [0.15, 0.2) is 36.4 Å². The van der Waals surface area contributed by atoms with Crippen molar-refractivity contribution in [3.05, 3.63) is 58.9 Å². The first kappa shape index (κ1) is 15.0. The average Bonchev–Trinajstić information content (AvgIpc) is 2.46. The van der Waals surface area contributed by atoms with Crippen LogP contribution in [0.5, 0.6) is 0 Å². The zero-order valence-corrected chi connectivity index (χ0v) is 12.6. The van der Waals surface area contributed by atoms with Gasteiger partial charge in [0.15, 0.2) is 0 Å². The molecule has 0 unspecified atom stereocenters. The summed E-state index contributed by atoms with van der Waals surface area (Å²) in [6.45, 7) is 4.79. The summed E-state index contributed by atoms with van der Waals surface area (Å²) in [6, 6.07) is 11.7. The Hall–Kier alpha value is -2.40. The molecule has 0 aliphatic rings. The van der Waals surface area contributed by atoms with Gasteiger partial charge in [0.05, 0.1) is 12.2 Å². The third-order valence-electron chi connectivity index (χ3n) is 3.33. The highest BCUT2D eigenvalue weighted by Crippen LogP contribution is 2.21. The molecule has 5 heteroatoms. The van der Waals surface area contributed by atoms with E-state index in [9.17, 15) is 4.79 Å². The average molecular weight is 284 g/mol. The van der Waals surface area contributed by atoms with Crippen molar-refractivity contribution in [2.75, 3.05) is 11.9 Å². The number of hydrazine groups is 1. The molecule has 5 nitrogen and oxygen atoms in total. The van der Waals surface area contributed by atoms with Crippen molar-refractivity contribution in [1.29, 1.82) is 0 Å². The summed E-state index contributed by atoms with van der Waals surface area (Å²) in [4.78, 5) is 17.9. The number of rotatable bonds is 4. The first-order valence-electron chi connectivity index (χ1n) is 6.76. The molecule has 0 aliphatic carbocycles. The number of nitrogens with two attached hydrogens (primary N) is 1. The van der Waals surface area contributed by atoms with Gasteiger partial charge < -0.3 is 4.90 Å². The van der Waals surface area contributed by atoms with Gasteiger partial charge >= 0.3 is 0 Å². The van der Waals surface area contributed by atoms with Crippen LogP contribution in [0.3, 0.4) is 0 Å². The standard InChI is InChI=1S/C16H20N4O/c1-11-7-8-15(12(2)9-11)20(3)10-13-5-4-6-14(18-13)16(21)19-17/h4-9H,10,17H2,1-3H3,(H,19,21). The SMILES string of the molecule is Cc1ccc(N(C)Cc2cccc(C(=O)NN)n2)c(C)c1. The van der Waals surface area contributed by atoms with Crippen LogP contribution in [0, 0.1) is 13.8 Å². The Morgan fingerprint density at radius 2 is 2.05 bits per heavy atom. The molecule has 1 aromatic heterocycles. The van der Waals surface area contributed by atoms with Crippen LogP contribution < -0.4 is 16.2 Å². The minimum absolute atomic E-state index is 0.323. The van der Waals surface area contributed by atoms with Crippen molar-refractivity contribution >= 4 is 11.6 Å². The predicted octanol–water partition coefficient (Wildman–Crippen LogP) is 1.94. The van der Waals surface area contributed by atoms with Gasteiger partial charge in [0.1, 0.15) is 5.69 Å². The van der Waals surface area contributed by atoms with Gasteiger partial charge in [-0.3, -0.25) is 10.2 Å². The first-order chi connectivity index (χ1) is 10.0. The molecule has 0 saturated carbocycles. The summed E-state index contributed by atoms with van der Waals surface area (Å²) in [5.74, 6) is 4.75. The fourth-order valence-electron chi connectivity index (χ4n) is 2.33. The molecule has 110 valence electrons. The Morgan fingerprint density at radius 3 is 2.71 bits per heavy atom. The molecule has 0 atom stereocenters. The quantitative estimate of drug-likeness (QED) is 0.511. The molecule has 3 N–H and O–H groups in total. The lowest BCUT2D eigenvalue weighted by molar-refractivity contribution is 0.0948. The maximum absolute atomic E-state index is 11.5. The smallest absolute Gasteiger partial charge is 0.283 e. The third kappa shape index (κ3) is 3.58. The molecule has 1 heterocycles. The topological polar surface area (TPSA) is 71.2 Å². The first-order valence-corrected chi connectivity index (χ1v) is 6.76. The van der Waals surface area contributed by atoms with E-state index in [4.69, 9.17) is 5.84 Å². The number of pyridine rings is 1. The maximum atomic E-state index is 11.5. The monoisotopic (exact) mass is 284 g/mol. The lowest BCUT2D eigenvalue weighted by Gasteiger charge is -2.21. The maximum Gasteiger partial charge on any atom is 0.283 e. The molecule has 0 saturated heterocycles. The van der Waals surface area contributed by atoms with Crippen molar-refractivity contribution in [3.63, 3.8) is 0 Å². The molecule has 2 rings (SSSR count). The van der Waals surface area contributed by atoms with Crippen LogP contribution in [0.4, 0.5) is 5.69 Å². The van der Waals surface area contributed by atoms with E-state index in [2.05, 4.69) is 47.4 Å². The minimum atomic E-state index is -0.383. The molecule has 0 aliphatic heterocycles. The van der Waals surface area contributed by atoms with Gasteiger partial charge in [0, 0.05) is 12.7 Å². The summed E-state index contributed by atoms with van der Waals surface area (Å²) >= 11 is 0. The van der Waals surface area contributed by atoms with Crippen LogP contribution in [0.2, 0.25) is 0 Å². The number of nitrogen functional groups attached to an aromatic ring is 1. The molecule has 1 amide bonds. The Morgan fingerprint density at radius 1 is 1.29 bits per heavy atom. The molecule has 0 fully saturated rings. The number of nitrogens with one attached hydrogen (secondary N) is 1. The number of hydrogen-bond donors (Lipinski definition) is 2. The van der Waals surface area contributed by atoms with Gasteiger partial charge in [-0.15, -0.1) is 0 Å². The highest BCUT2D eigenvalue weighted by Gasteiger charge is 2.09. The van der Waals surface area contributed by atoms with E-state index in [1.54, 1.807) is 6.07 Å². The fourth-order valence-corrected chi connectivity index (χ4v) is 2.33. The van der Waals surface area contributed by atoms with Gasteiger partial charge in [-0.2, -0.15) is 0 Å². The van der Waals surface area contributed by atoms with Crippen molar-refractivity contribution in [2.24, 2.45) is 5.84 Å². The summed E-state index contributed by atoms with van der Waals surface area (Å²) in [5.41, 5.74) is 6.84. The minimum Gasteiger partial charge on any atom is -0.368 e. The fraction of sp³-hybridized carbons (Fsp3) is 0.250. The molecule has 1 aromatic carbocycles. The number of anilines is 1. The second-order valence-electron chi connectivity index (χ2n) is 5.13. The number of carbonyl (C=O) groups excluding carboxylic acids is 1. The number of amides is 1. The largest absolute Gasteiger partial charge is 0.368 e. The van der Waals surface area contributed by atoms with Crippen LogP contribution in [-0.2, 0) is 6.54 Å². The summed E-state index contributed by atoms with van der Waals surface area (Å²) in [5, 5.41) is 0. The summed E-state index contributed by atoms with van der Waals surface area (Å²) < 4.78 is 0. The summed E-state index contributed by atoms with van der Waals surface area (Å²) in [6.07, 6.45) is 0. The van der Waals surface area contributed by atoms with E-state index in [0.717, 1.165) is 11.4 Å². The van der Waals surface area contributed by atoms with Crippen molar-refractivity contribution < 1.29 is 4.79 Å². The second-order valence-corrected chi connectivity index (χ2v) is 5.13. The normalized spacial score (nSPS) is 10.3. The second kappa shape index (κ2) is 6.37. The third-order valence-corrected chi connectivity index (χ3v) is 3.33. The highest BCUT2D eigenvalue weighted by molar-refractivity contribution is 5.91. The summed E-state index contributed by atoms with van der Waals surface area (Å²) in [7, 11) is 2.01. The highest BCUT2D eigenvalue weighted by atomic mass is 16.2. The van der Waals surface area contributed by atoms with Crippen LogP contribution in [0.25, 0.3) is 0 Å². The number of aryl methyl sites for hydroxylation is 2. The van der Waals surface area contributed by atoms with Crippen molar-refractivity contribution in [2.45, 2.75) is 20.4 Å². The van der Waals surface area contributed by atoms with E-state index < -0.39 is 0 Å². The molecular formula is C16H20N4O. The molecule has 21 heavy (non-hydrogen) atoms. The number of nitrogens with zero attached hydrogens (tertiary/aromatic N) is 2. The number of carbonyl (C=O) groups is 1. The Labute approximate surface area is 124 Å². The zero-order chi connectivity index (χ0) is 15.4. The van der Waals surface area contributed by atoms with E-state index in [-0.39, 0.29) is 5.91 Å². The van der Waals surface area contributed by atoms with Gasteiger partial charge in [0.25, 0.3) is 5.91 Å². The van der Waals surface area contributed by atoms with Crippen molar-refractivity contribution in [1.82, 2.24) is 10.4 Å². The van der Waals surface area contributed by atoms with Gasteiger partial charge in [-0.05, 0) is 37.6 Å². The van der Waals surface area contributed by atoms with Gasteiger partial charge in [-0.25, -0.2) is 10.8 Å². The van der Waals surface area contributed by atoms with E-state index in [1.165, 1.54) is 11.1 Å². The molecule has 0 bridgehead atoms. The van der Waals surface area contributed by atoms with E-state index >= 15 is 0 Å².